The topological polar surface area (TPSA) is 47.1 Å². The summed E-state index contributed by atoms with van der Waals surface area (Å²) in [5, 5.41) is 4.03. The lowest BCUT2D eigenvalue weighted by atomic mass is 10.1. The first kappa shape index (κ1) is 11.3. The third kappa shape index (κ3) is 2.02. The number of aromatic nitrogens is 2. The minimum Gasteiger partial charge on any atom is -0.357 e. The molecule has 90 valence electrons. The molecule has 1 aromatic rings. The van der Waals surface area contributed by atoms with E-state index in [1.54, 1.807) is 17.9 Å². The fourth-order valence-corrected chi connectivity index (χ4v) is 1.99. The molecule has 6 heteroatoms. The monoisotopic (exact) mass is 230 g/mol. The summed E-state index contributed by atoms with van der Waals surface area (Å²) >= 11 is 0. The van der Waals surface area contributed by atoms with Crippen LogP contribution in [-0.2, 0) is 7.05 Å². The highest BCUT2D eigenvalue weighted by Gasteiger charge is 2.39. The van der Waals surface area contributed by atoms with Crippen molar-refractivity contribution in [3.63, 3.8) is 0 Å². The van der Waals surface area contributed by atoms with E-state index in [9.17, 15) is 8.78 Å². The van der Waals surface area contributed by atoms with Gasteiger partial charge in [0, 0.05) is 32.6 Å². The van der Waals surface area contributed by atoms with Crippen LogP contribution in [0.15, 0.2) is 12.3 Å². The zero-order chi connectivity index (χ0) is 11.8. The molecular weight excluding hydrogens is 214 g/mol. The van der Waals surface area contributed by atoms with Crippen LogP contribution in [0.1, 0.15) is 12.8 Å². The molecule has 1 aliphatic heterocycles. The fourth-order valence-electron chi connectivity index (χ4n) is 1.99. The molecule has 2 heterocycles. The van der Waals surface area contributed by atoms with Gasteiger partial charge in [-0.05, 0) is 6.42 Å². The zero-order valence-corrected chi connectivity index (χ0v) is 9.24. The summed E-state index contributed by atoms with van der Waals surface area (Å²) in [6.45, 7) is 0.872. The fraction of sp³-hybridized carbons (Fsp3) is 0.700. The molecule has 0 bridgehead atoms. The van der Waals surface area contributed by atoms with Crippen molar-refractivity contribution in [2.75, 3.05) is 18.0 Å². The Bertz CT molecular complexity index is 363. The van der Waals surface area contributed by atoms with E-state index in [2.05, 4.69) is 5.10 Å². The van der Waals surface area contributed by atoms with E-state index in [0.717, 1.165) is 5.82 Å². The molecule has 0 spiro atoms. The van der Waals surface area contributed by atoms with Crippen LogP contribution in [-0.4, -0.2) is 34.8 Å². The van der Waals surface area contributed by atoms with Crippen molar-refractivity contribution < 1.29 is 8.78 Å². The molecule has 1 aromatic heterocycles. The van der Waals surface area contributed by atoms with Gasteiger partial charge in [-0.25, -0.2) is 8.78 Å². The molecule has 2 rings (SSSR count). The van der Waals surface area contributed by atoms with Crippen molar-refractivity contribution in [2.24, 2.45) is 12.8 Å². The van der Waals surface area contributed by atoms with E-state index in [1.165, 1.54) is 0 Å². The number of aryl methyl sites for hydroxylation is 1. The minimum atomic E-state index is -2.76. The number of halogens is 2. The van der Waals surface area contributed by atoms with Crippen molar-refractivity contribution >= 4 is 5.82 Å². The van der Waals surface area contributed by atoms with Crippen molar-refractivity contribution in [1.82, 2.24) is 9.78 Å². The maximum absolute atomic E-state index is 13.4. The van der Waals surface area contributed by atoms with Gasteiger partial charge < -0.3 is 10.6 Å². The summed E-state index contributed by atoms with van der Waals surface area (Å²) in [7, 11) is 1.80. The highest BCUT2D eigenvalue weighted by molar-refractivity contribution is 5.38. The Labute approximate surface area is 93.0 Å². The molecule has 0 aromatic carbocycles. The molecule has 0 saturated carbocycles. The highest BCUT2D eigenvalue weighted by Crippen LogP contribution is 2.28. The normalized spacial score (nSPS) is 25.5. The Morgan fingerprint density at radius 1 is 1.50 bits per heavy atom. The number of hydrogen-bond donors (Lipinski definition) is 1. The third-order valence-corrected chi connectivity index (χ3v) is 3.09. The summed E-state index contributed by atoms with van der Waals surface area (Å²) in [4.78, 5) is 1.91. The number of alkyl halides is 2. The quantitative estimate of drug-likeness (QED) is 0.782. The van der Waals surface area contributed by atoms with Crippen molar-refractivity contribution in [3.05, 3.63) is 12.3 Å². The second-order valence-electron chi connectivity index (χ2n) is 4.21. The zero-order valence-electron chi connectivity index (χ0n) is 9.24. The lowest BCUT2D eigenvalue weighted by Crippen LogP contribution is -2.40. The summed E-state index contributed by atoms with van der Waals surface area (Å²) in [6.07, 6.45) is 1.77. The first-order chi connectivity index (χ1) is 7.50. The molecule has 2 N–H and O–H groups in total. The van der Waals surface area contributed by atoms with Crippen LogP contribution >= 0.6 is 0 Å². The number of anilines is 1. The smallest absolute Gasteiger partial charge is 0.264 e. The molecule has 0 aliphatic carbocycles. The van der Waals surface area contributed by atoms with E-state index in [4.69, 9.17) is 5.73 Å². The molecule has 0 radical (unpaired) electrons. The van der Waals surface area contributed by atoms with Crippen LogP contribution < -0.4 is 10.6 Å². The van der Waals surface area contributed by atoms with E-state index in [-0.39, 0.29) is 6.42 Å². The summed E-state index contributed by atoms with van der Waals surface area (Å²) in [5.41, 5.74) is 5.47. The molecule has 1 aliphatic rings. The maximum atomic E-state index is 13.4. The van der Waals surface area contributed by atoms with Crippen LogP contribution in [0.4, 0.5) is 14.6 Å². The predicted molar refractivity (Wildman–Crippen MR) is 57.6 cm³/mol. The average molecular weight is 230 g/mol. The van der Waals surface area contributed by atoms with Gasteiger partial charge in [0.05, 0.1) is 12.2 Å². The van der Waals surface area contributed by atoms with Crippen LogP contribution in [0.3, 0.4) is 0 Å². The number of hydrogen-bond acceptors (Lipinski definition) is 3. The molecule has 4 nitrogen and oxygen atoms in total. The van der Waals surface area contributed by atoms with Gasteiger partial charge in [0.2, 0.25) is 0 Å². The first-order valence-electron chi connectivity index (χ1n) is 5.37. The predicted octanol–water partition coefficient (Wildman–Crippen LogP) is 0.983. The Kier molecular flexibility index (Phi) is 2.84. The van der Waals surface area contributed by atoms with Crippen LogP contribution in [0, 0.1) is 0 Å². The Hall–Kier alpha value is -1.17. The van der Waals surface area contributed by atoms with Crippen molar-refractivity contribution in [3.8, 4) is 0 Å². The molecule has 0 amide bonds. The minimum absolute atomic E-state index is 0.195. The molecular formula is C10H16F2N4. The lowest BCUT2D eigenvalue weighted by molar-refractivity contribution is -0.0274. The number of nitrogens with two attached hydrogens (primary N) is 1. The molecule has 1 fully saturated rings. The number of nitrogens with zero attached hydrogens (tertiary/aromatic N) is 3. The van der Waals surface area contributed by atoms with E-state index in [1.807, 2.05) is 11.0 Å². The van der Waals surface area contributed by atoms with Gasteiger partial charge in [0.25, 0.3) is 5.92 Å². The van der Waals surface area contributed by atoms with Gasteiger partial charge in [-0.2, -0.15) is 5.10 Å². The Morgan fingerprint density at radius 2 is 2.25 bits per heavy atom. The lowest BCUT2D eigenvalue weighted by Gasteiger charge is -2.22. The van der Waals surface area contributed by atoms with E-state index >= 15 is 0 Å². The SMILES string of the molecule is Cn1nccc1N1CCC(N)C(F)(F)CC1. The van der Waals surface area contributed by atoms with Crippen LogP contribution in [0.2, 0.25) is 0 Å². The average Bonchev–Trinajstić information content (AvgIpc) is 2.59. The van der Waals surface area contributed by atoms with E-state index < -0.39 is 12.0 Å². The number of rotatable bonds is 1. The molecule has 16 heavy (non-hydrogen) atoms. The Balaban J connectivity index is 2.13. The molecule has 1 unspecified atom stereocenters. The third-order valence-electron chi connectivity index (χ3n) is 3.09. The maximum Gasteiger partial charge on any atom is 0.264 e. The van der Waals surface area contributed by atoms with Crippen molar-refractivity contribution in [1.29, 1.82) is 0 Å². The standard InChI is InChI=1S/C10H16F2N4/c1-15-9(2-5-14-15)16-6-3-8(13)10(11,12)4-7-16/h2,5,8H,3-4,6-7,13H2,1H3. The van der Waals surface area contributed by atoms with Gasteiger partial charge in [0.1, 0.15) is 5.82 Å². The van der Waals surface area contributed by atoms with Crippen LogP contribution in [0.5, 0.6) is 0 Å². The first-order valence-corrected chi connectivity index (χ1v) is 5.37. The van der Waals surface area contributed by atoms with Crippen molar-refractivity contribution in [2.45, 2.75) is 24.8 Å². The second kappa shape index (κ2) is 4.01. The largest absolute Gasteiger partial charge is 0.357 e. The van der Waals surface area contributed by atoms with Gasteiger partial charge in [0.15, 0.2) is 0 Å². The molecule has 1 saturated heterocycles. The Morgan fingerprint density at radius 3 is 2.88 bits per heavy atom. The van der Waals surface area contributed by atoms with Gasteiger partial charge in [-0.1, -0.05) is 0 Å². The van der Waals surface area contributed by atoms with E-state index in [0.29, 0.717) is 19.5 Å². The summed E-state index contributed by atoms with van der Waals surface area (Å²) < 4.78 is 28.5. The highest BCUT2D eigenvalue weighted by atomic mass is 19.3. The summed E-state index contributed by atoms with van der Waals surface area (Å²) in [5.74, 6) is -1.89. The molecule has 1 atom stereocenters. The van der Waals surface area contributed by atoms with Gasteiger partial charge in [-0.3, -0.25) is 4.68 Å². The van der Waals surface area contributed by atoms with Crippen LogP contribution in [0.25, 0.3) is 0 Å². The second-order valence-corrected chi connectivity index (χ2v) is 4.21. The van der Waals surface area contributed by atoms with Gasteiger partial charge in [-0.15, -0.1) is 0 Å². The van der Waals surface area contributed by atoms with Gasteiger partial charge >= 0.3 is 0 Å². The summed E-state index contributed by atoms with van der Waals surface area (Å²) in [6, 6.07) is 0.792.